The molecule has 0 heterocycles. The Morgan fingerprint density at radius 1 is 1.58 bits per heavy atom. The Balaban J connectivity index is 4.03. The molecule has 0 aromatic heterocycles. The highest BCUT2D eigenvalue weighted by Gasteiger charge is 2.29. The van der Waals surface area contributed by atoms with Crippen LogP contribution in [-0.2, 0) is 9.53 Å². The number of ether oxygens (including phenoxy) is 1. The van der Waals surface area contributed by atoms with Crippen molar-refractivity contribution < 1.29 is 18.3 Å². The Morgan fingerprint density at radius 3 is 2.42 bits per heavy atom. The molecule has 0 spiro atoms. The van der Waals surface area contributed by atoms with Crippen molar-refractivity contribution in [3.8, 4) is 0 Å². The summed E-state index contributed by atoms with van der Waals surface area (Å²) in [5.74, 6) is -0.699. The molecule has 0 saturated carbocycles. The first-order valence-corrected chi connectivity index (χ1v) is 3.85. The van der Waals surface area contributed by atoms with Gasteiger partial charge in [0.05, 0.1) is 5.41 Å². The third kappa shape index (κ3) is 3.15. The van der Waals surface area contributed by atoms with E-state index in [2.05, 4.69) is 4.74 Å². The fraction of sp³-hybridized carbons (Fsp3) is 0.875. The van der Waals surface area contributed by atoms with Crippen molar-refractivity contribution in [3.63, 3.8) is 0 Å². The minimum atomic E-state index is -2.12. The normalized spacial score (nSPS) is 14.1. The van der Waals surface area contributed by atoms with Gasteiger partial charge in [-0.3, -0.25) is 4.79 Å². The highest BCUT2D eigenvalue weighted by Crippen LogP contribution is 2.22. The van der Waals surface area contributed by atoms with Crippen LogP contribution in [0.5, 0.6) is 0 Å². The molecule has 1 atom stereocenters. The number of hydrogen-bond acceptors (Lipinski definition) is 2. The molecule has 4 heteroatoms. The highest BCUT2D eigenvalue weighted by atomic mass is 19.2. The zero-order chi connectivity index (χ0) is 9.78. The first-order chi connectivity index (χ1) is 5.44. The minimum absolute atomic E-state index is 0.533. The first kappa shape index (κ1) is 11.3. The highest BCUT2D eigenvalue weighted by molar-refractivity contribution is 5.75. The fourth-order valence-corrected chi connectivity index (χ4v) is 0.451. The van der Waals surface area contributed by atoms with Gasteiger partial charge in [-0.05, 0) is 20.3 Å². The third-order valence-electron chi connectivity index (χ3n) is 1.79. The molecule has 1 unspecified atom stereocenters. The monoisotopic (exact) mass is 180 g/mol. The summed E-state index contributed by atoms with van der Waals surface area (Å²) in [5, 5.41) is 0. The molecule has 0 aliphatic rings. The van der Waals surface area contributed by atoms with Gasteiger partial charge < -0.3 is 4.74 Å². The Hall–Kier alpha value is -0.670. The lowest BCUT2D eigenvalue weighted by Gasteiger charge is -2.20. The van der Waals surface area contributed by atoms with E-state index in [9.17, 15) is 13.6 Å². The maximum atomic E-state index is 12.2. The second kappa shape index (κ2) is 4.38. The molecular weight excluding hydrogens is 166 g/mol. The molecule has 12 heavy (non-hydrogen) atoms. The molecule has 0 aliphatic carbocycles. The van der Waals surface area contributed by atoms with E-state index in [1.807, 2.05) is 0 Å². The average Bonchev–Trinajstić information content (AvgIpc) is 2.04. The van der Waals surface area contributed by atoms with Crippen LogP contribution >= 0.6 is 0 Å². The molecule has 0 aromatic carbocycles. The second-order valence-electron chi connectivity index (χ2n) is 3.21. The van der Waals surface area contributed by atoms with Crippen molar-refractivity contribution in [1.29, 1.82) is 0 Å². The summed E-state index contributed by atoms with van der Waals surface area (Å²) in [6, 6.07) is 0. The van der Waals surface area contributed by atoms with Gasteiger partial charge in [0.1, 0.15) is 0 Å². The van der Waals surface area contributed by atoms with Crippen LogP contribution < -0.4 is 0 Å². The van der Waals surface area contributed by atoms with Crippen LogP contribution in [-0.4, -0.2) is 19.0 Å². The van der Waals surface area contributed by atoms with E-state index >= 15 is 0 Å². The molecule has 0 N–H and O–H groups in total. The molecule has 0 saturated heterocycles. The maximum absolute atomic E-state index is 12.2. The van der Waals surface area contributed by atoms with E-state index in [0.717, 1.165) is 0 Å². The summed E-state index contributed by atoms with van der Waals surface area (Å²) >= 11 is 0. The van der Waals surface area contributed by atoms with Gasteiger partial charge in [0.15, 0.2) is 6.67 Å². The topological polar surface area (TPSA) is 26.3 Å². The van der Waals surface area contributed by atoms with Gasteiger partial charge in [-0.2, -0.15) is 4.39 Å². The number of halogens is 2. The first-order valence-electron chi connectivity index (χ1n) is 3.85. The molecule has 0 fully saturated rings. The van der Waals surface area contributed by atoms with Crippen molar-refractivity contribution in [2.24, 2.45) is 5.41 Å². The predicted octanol–water partition coefficient (Wildman–Crippen LogP) is 2.23. The van der Waals surface area contributed by atoms with Gasteiger partial charge in [-0.15, -0.1) is 0 Å². The van der Waals surface area contributed by atoms with Crippen molar-refractivity contribution >= 4 is 5.97 Å². The number of hydrogen-bond donors (Lipinski definition) is 0. The summed E-state index contributed by atoms with van der Waals surface area (Å²) in [5.41, 5.74) is -0.737. The average molecular weight is 180 g/mol. The quantitative estimate of drug-likeness (QED) is 0.620. The number of carbonyl (C=O) groups excluding carboxylic acids is 1. The summed E-state index contributed by atoms with van der Waals surface area (Å²) in [4.78, 5) is 11.0. The summed E-state index contributed by atoms with van der Waals surface area (Å²) < 4.78 is 28.0. The van der Waals surface area contributed by atoms with Gasteiger partial charge in [-0.1, -0.05) is 6.92 Å². The molecule has 0 amide bonds. The number of esters is 1. The summed E-state index contributed by atoms with van der Waals surface area (Å²) in [7, 11) is 0. The Kier molecular flexibility index (Phi) is 4.13. The maximum Gasteiger partial charge on any atom is 0.314 e. The summed E-state index contributed by atoms with van der Waals surface area (Å²) in [6.45, 7) is 3.75. The molecule has 0 aliphatic heterocycles. The Morgan fingerprint density at radius 2 is 2.08 bits per heavy atom. The van der Waals surface area contributed by atoms with Gasteiger partial charge in [-0.25, -0.2) is 4.39 Å². The molecule has 0 rings (SSSR count). The van der Waals surface area contributed by atoms with Crippen molar-refractivity contribution in [2.45, 2.75) is 33.5 Å². The molecule has 0 aromatic rings. The smallest absolute Gasteiger partial charge is 0.314 e. The van der Waals surface area contributed by atoms with Crippen LogP contribution in [0.3, 0.4) is 0 Å². The standard InChI is InChI=1S/C8H14F2O2/c1-4-8(2,3)7(11)12-6(10)5-9/h6H,4-5H2,1-3H3. The number of rotatable bonds is 4. The third-order valence-corrected chi connectivity index (χ3v) is 1.79. The fourth-order valence-electron chi connectivity index (χ4n) is 0.451. The number of carbonyl (C=O) groups is 1. The minimum Gasteiger partial charge on any atom is -0.428 e. The van der Waals surface area contributed by atoms with Gasteiger partial charge in [0, 0.05) is 0 Å². The van der Waals surface area contributed by atoms with Crippen LogP contribution in [0.2, 0.25) is 0 Å². The lowest BCUT2D eigenvalue weighted by atomic mass is 9.91. The van der Waals surface area contributed by atoms with Crippen LogP contribution in [0.4, 0.5) is 8.78 Å². The van der Waals surface area contributed by atoms with Crippen LogP contribution in [0.1, 0.15) is 27.2 Å². The van der Waals surface area contributed by atoms with E-state index in [1.54, 1.807) is 20.8 Å². The van der Waals surface area contributed by atoms with E-state index in [4.69, 9.17) is 0 Å². The van der Waals surface area contributed by atoms with Gasteiger partial charge in [0.2, 0.25) is 0 Å². The van der Waals surface area contributed by atoms with Gasteiger partial charge >= 0.3 is 5.97 Å². The zero-order valence-corrected chi connectivity index (χ0v) is 7.56. The molecule has 0 bridgehead atoms. The van der Waals surface area contributed by atoms with E-state index in [1.165, 1.54) is 0 Å². The van der Waals surface area contributed by atoms with E-state index < -0.39 is 24.4 Å². The Labute approximate surface area is 70.9 Å². The van der Waals surface area contributed by atoms with Crippen molar-refractivity contribution in [3.05, 3.63) is 0 Å². The van der Waals surface area contributed by atoms with E-state index in [-0.39, 0.29) is 0 Å². The van der Waals surface area contributed by atoms with Crippen molar-refractivity contribution in [2.75, 3.05) is 6.67 Å². The Bertz CT molecular complexity index is 157. The molecule has 2 nitrogen and oxygen atoms in total. The molecular formula is C8H14F2O2. The van der Waals surface area contributed by atoms with Crippen molar-refractivity contribution in [1.82, 2.24) is 0 Å². The van der Waals surface area contributed by atoms with E-state index in [0.29, 0.717) is 6.42 Å². The largest absolute Gasteiger partial charge is 0.428 e. The predicted molar refractivity (Wildman–Crippen MR) is 41.0 cm³/mol. The molecule has 72 valence electrons. The van der Waals surface area contributed by atoms with Crippen LogP contribution in [0, 0.1) is 5.41 Å². The van der Waals surface area contributed by atoms with Gasteiger partial charge in [0.25, 0.3) is 6.36 Å². The van der Waals surface area contributed by atoms with Crippen LogP contribution in [0.15, 0.2) is 0 Å². The zero-order valence-electron chi connectivity index (χ0n) is 7.56. The molecule has 0 radical (unpaired) electrons. The SMILES string of the molecule is CCC(C)(C)C(=O)OC(F)CF. The van der Waals surface area contributed by atoms with Crippen LogP contribution in [0.25, 0.3) is 0 Å². The lowest BCUT2D eigenvalue weighted by molar-refractivity contribution is -0.170. The lowest BCUT2D eigenvalue weighted by Crippen LogP contribution is -2.29. The summed E-state index contributed by atoms with van der Waals surface area (Å²) in [6.07, 6.45) is -1.59. The second-order valence-corrected chi connectivity index (χ2v) is 3.21. The number of alkyl halides is 2.